The van der Waals surface area contributed by atoms with Crippen LogP contribution in [0.2, 0.25) is 0 Å². The lowest BCUT2D eigenvalue weighted by Gasteiger charge is -2.21. The Hall–Kier alpha value is -4.14. The van der Waals surface area contributed by atoms with Crippen LogP contribution in [-0.2, 0) is 19.1 Å². The Morgan fingerprint density at radius 2 is 1.78 bits per heavy atom. The van der Waals surface area contributed by atoms with Gasteiger partial charge in [0.2, 0.25) is 11.8 Å². The number of benzene rings is 2. The number of hydrogen-bond acceptors (Lipinski definition) is 5. The highest BCUT2D eigenvalue weighted by molar-refractivity contribution is 5.98. The molecule has 0 aliphatic heterocycles. The number of carbonyl (C=O) groups excluding carboxylic acids is 3. The molecule has 1 aromatic heterocycles. The highest BCUT2D eigenvalue weighted by atomic mass is 16.5. The van der Waals surface area contributed by atoms with Crippen LogP contribution in [0.5, 0.6) is 0 Å². The minimum Gasteiger partial charge on any atom is -0.465 e. The number of esters is 1. The van der Waals surface area contributed by atoms with Gasteiger partial charge in [0.05, 0.1) is 6.61 Å². The SMILES string of the molecule is CCOC(=O)C(CNC(=O)C1CCCC1C(=O)Nc1ccc(C(=N)N)cc1)c1c[nH]c2ccccc12. The summed E-state index contributed by atoms with van der Waals surface area (Å²) in [5.41, 5.74) is 8.29. The average molecular weight is 490 g/mol. The number of aromatic nitrogens is 1. The van der Waals surface area contributed by atoms with Gasteiger partial charge in [-0.3, -0.25) is 19.8 Å². The van der Waals surface area contributed by atoms with E-state index in [9.17, 15) is 14.4 Å². The molecule has 1 fully saturated rings. The summed E-state index contributed by atoms with van der Waals surface area (Å²) in [7, 11) is 0. The summed E-state index contributed by atoms with van der Waals surface area (Å²) < 4.78 is 5.29. The van der Waals surface area contributed by atoms with Gasteiger partial charge in [-0.25, -0.2) is 0 Å². The molecule has 1 saturated carbocycles. The third kappa shape index (κ3) is 5.40. The van der Waals surface area contributed by atoms with Crippen molar-refractivity contribution in [1.82, 2.24) is 10.3 Å². The normalized spacial score (nSPS) is 17.9. The monoisotopic (exact) mass is 489 g/mol. The van der Waals surface area contributed by atoms with Crippen LogP contribution in [0.4, 0.5) is 5.69 Å². The zero-order valence-electron chi connectivity index (χ0n) is 20.2. The van der Waals surface area contributed by atoms with Gasteiger partial charge in [0.25, 0.3) is 0 Å². The molecule has 3 aromatic rings. The first-order valence-electron chi connectivity index (χ1n) is 12.1. The van der Waals surface area contributed by atoms with E-state index < -0.39 is 23.7 Å². The van der Waals surface area contributed by atoms with Crippen LogP contribution >= 0.6 is 0 Å². The van der Waals surface area contributed by atoms with Gasteiger partial charge in [-0.1, -0.05) is 24.6 Å². The summed E-state index contributed by atoms with van der Waals surface area (Å²) in [6.07, 6.45) is 3.76. The van der Waals surface area contributed by atoms with E-state index in [0.717, 1.165) is 22.9 Å². The Morgan fingerprint density at radius 3 is 2.47 bits per heavy atom. The van der Waals surface area contributed by atoms with Crippen molar-refractivity contribution >= 4 is 40.2 Å². The number of carbonyl (C=O) groups is 3. The predicted molar refractivity (Wildman–Crippen MR) is 138 cm³/mol. The minimum atomic E-state index is -0.668. The molecule has 36 heavy (non-hydrogen) atoms. The second kappa shape index (κ2) is 11.1. The molecule has 4 rings (SSSR count). The summed E-state index contributed by atoms with van der Waals surface area (Å²) in [6.45, 7) is 2.07. The van der Waals surface area contributed by atoms with Crippen molar-refractivity contribution in [3.05, 3.63) is 65.9 Å². The Morgan fingerprint density at radius 1 is 1.08 bits per heavy atom. The fourth-order valence-electron chi connectivity index (χ4n) is 4.83. The van der Waals surface area contributed by atoms with E-state index in [2.05, 4.69) is 15.6 Å². The fraction of sp³-hybridized carbons (Fsp3) is 0.333. The van der Waals surface area contributed by atoms with Gasteiger partial charge in [0, 0.05) is 46.7 Å². The van der Waals surface area contributed by atoms with Gasteiger partial charge >= 0.3 is 5.97 Å². The third-order valence-corrected chi connectivity index (χ3v) is 6.70. The molecule has 1 aliphatic rings. The van der Waals surface area contributed by atoms with E-state index in [-0.39, 0.29) is 30.8 Å². The number of hydrogen-bond donors (Lipinski definition) is 5. The van der Waals surface area contributed by atoms with E-state index in [1.54, 1.807) is 37.4 Å². The Kier molecular flexibility index (Phi) is 7.68. The molecule has 6 N–H and O–H groups in total. The van der Waals surface area contributed by atoms with Crippen molar-refractivity contribution in [3.8, 4) is 0 Å². The Balaban J connectivity index is 1.43. The Labute approximate surface area is 209 Å². The van der Waals surface area contributed by atoms with Crippen LogP contribution in [-0.4, -0.2) is 41.8 Å². The summed E-state index contributed by atoms with van der Waals surface area (Å²) in [5, 5.41) is 14.2. The molecule has 9 nitrogen and oxygen atoms in total. The molecule has 0 spiro atoms. The molecule has 0 bridgehead atoms. The topological polar surface area (TPSA) is 150 Å². The molecule has 188 valence electrons. The number of aromatic amines is 1. The zero-order chi connectivity index (χ0) is 25.7. The lowest BCUT2D eigenvalue weighted by atomic mass is 9.93. The Bertz CT molecular complexity index is 1270. The number of anilines is 1. The molecule has 1 aliphatic carbocycles. The summed E-state index contributed by atoms with van der Waals surface area (Å²) in [6, 6.07) is 14.4. The molecule has 0 radical (unpaired) electrons. The second-order valence-corrected chi connectivity index (χ2v) is 8.96. The van der Waals surface area contributed by atoms with E-state index in [1.807, 2.05) is 24.3 Å². The molecule has 1 heterocycles. The number of rotatable bonds is 9. The number of amides is 2. The molecular formula is C27H31N5O4. The lowest BCUT2D eigenvalue weighted by Crippen LogP contribution is -2.40. The van der Waals surface area contributed by atoms with Crippen LogP contribution in [0.15, 0.2) is 54.7 Å². The maximum Gasteiger partial charge on any atom is 0.315 e. The number of H-pyrrole nitrogens is 1. The molecule has 2 amide bonds. The molecule has 3 atom stereocenters. The van der Waals surface area contributed by atoms with Crippen molar-refractivity contribution in [1.29, 1.82) is 5.41 Å². The largest absolute Gasteiger partial charge is 0.465 e. The summed E-state index contributed by atoms with van der Waals surface area (Å²) >= 11 is 0. The highest BCUT2D eigenvalue weighted by Gasteiger charge is 2.38. The van der Waals surface area contributed by atoms with Crippen LogP contribution in [0, 0.1) is 17.2 Å². The van der Waals surface area contributed by atoms with Crippen LogP contribution in [0.3, 0.4) is 0 Å². The maximum absolute atomic E-state index is 13.2. The van der Waals surface area contributed by atoms with Gasteiger partial charge in [-0.05, 0) is 55.7 Å². The average Bonchev–Trinajstić information content (AvgIpc) is 3.53. The fourth-order valence-corrected chi connectivity index (χ4v) is 4.83. The van der Waals surface area contributed by atoms with Gasteiger partial charge in [0.1, 0.15) is 11.8 Å². The third-order valence-electron chi connectivity index (χ3n) is 6.70. The number of fused-ring (bicyclic) bond motifs is 1. The van der Waals surface area contributed by atoms with E-state index in [0.29, 0.717) is 24.1 Å². The lowest BCUT2D eigenvalue weighted by molar-refractivity contribution is -0.145. The van der Waals surface area contributed by atoms with Crippen molar-refractivity contribution < 1.29 is 19.1 Å². The first-order chi connectivity index (χ1) is 17.4. The number of ether oxygens (including phenoxy) is 1. The van der Waals surface area contributed by atoms with Gasteiger partial charge in [-0.2, -0.15) is 0 Å². The van der Waals surface area contributed by atoms with E-state index >= 15 is 0 Å². The molecule has 2 aromatic carbocycles. The van der Waals surface area contributed by atoms with E-state index in [1.165, 1.54) is 0 Å². The second-order valence-electron chi connectivity index (χ2n) is 8.96. The minimum absolute atomic E-state index is 0.0471. The van der Waals surface area contributed by atoms with Gasteiger partial charge < -0.3 is 26.1 Å². The van der Waals surface area contributed by atoms with Crippen molar-refractivity contribution in [2.24, 2.45) is 17.6 Å². The van der Waals surface area contributed by atoms with Gasteiger partial charge in [-0.15, -0.1) is 0 Å². The maximum atomic E-state index is 13.2. The number of nitrogens with one attached hydrogen (secondary N) is 4. The standard InChI is InChI=1S/C27H31N5O4/c1-2-36-27(35)22(21-14-30-23-9-4-3-6-18(21)23)15-31-25(33)19-7-5-8-20(19)26(34)32-17-12-10-16(11-13-17)24(28)29/h3-4,6,9-14,19-20,22,30H,2,5,7-8,15H2,1H3,(H3,28,29)(H,31,33)(H,32,34). The summed E-state index contributed by atoms with van der Waals surface area (Å²) in [4.78, 5) is 42.1. The van der Waals surface area contributed by atoms with Gasteiger partial charge in [0.15, 0.2) is 0 Å². The number of nitrogen functional groups attached to an aromatic ring is 1. The van der Waals surface area contributed by atoms with Crippen LogP contribution < -0.4 is 16.4 Å². The summed E-state index contributed by atoms with van der Waals surface area (Å²) in [5.74, 6) is -2.53. The zero-order valence-corrected chi connectivity index (χ0v) is 20.2. The molecule has 3 unspecified atom stereocenters. The number of nitrogens with two attached hydrogens (primary N) is 1. The highest BCUT2D eigenvalue weighted by Crippen LogP contribution is 2.33. The van der Waals surface area contributed by atoms with Crippen molar-refractivity contribution in [2.45, 2.75) is 32.1 Å². The first kappa shape index (κ1) is 25.0. The van der Waals surface area contributed by atoms with Crippen LogP contribution in [0.1, 0.15) is 43.2 Å². The quantitative estimate of drug-likeness (QED) is 0.178. The predicted octanol–water partition coefficient (Wildman–Crippen LogP) is 3.27. The van der Waals surface area contributed by atoms with Crippen molar-refractivity contribution in [2.75, 3.05) is 18.5 Å². The molecule has 9 heteroatoms. The van der Waals surface area contributed by atoms with Crippen molar-refractivity contribution in [3.63, 3.8) is 0 Å². The smallest absolute Gasteiger partial charge is 0.315 e. The number of amidine groups is 1. The van der Waals surface area contributed by atoms with Crippen LogP contribution in [0.25, 0.3) is 10.9 Å². The van der Waals surface area contributed by atoms with E-state index in [4.69, 9.17) is 15.9 Å². The molecular weight excluding hydrogens is 458 g/mol. The molecule has 0 saturated heterocycles. The first-order valence-corrected chi connectivity index (χ1v) is 12.1. The number of para-hydroxylation sites is 1.